The fourth-order valence-corrected chi connectivity index (χ4v) is 1.70. The van der Waals surface area contributed by atoms with Crippen molar-refractivity contribution in [1.29, 1.82) is 0 Å². The van der Waals surface area contributed by atoms with Crippen LogP contribution in [-0.4, -0.2) is 16.3 Å². The topological polar surface area (TPSA) is 53.1 Å². The van der Waals surface area contributed by atoms with E-state index in [0.717, 1.165) is 5.69 Å². The number of nitrogens with two attached hydrogens (primary N) is 1. The molecule has 1 aromatic carbocycles. The fraction of sp³-hybridized carbons (Fsp3) is 0.250. The van der Waals surface area contributed by atoms with Crippen LogP contribution in [0.1, 0.15) is 5.69 Å². The van der Waals surface area contributed by atoms with Gasteiger partial charge in [0.2, 0.25) is 0 Å². The van der Waals surface area contributed by atoms with Gasteiger partial charge in [0.25, 0.3) is 0 Å². The lowest BCUT2D eigenvalue weighted by atomic mass is 10.3. The van der Waals surface area contributed by atoms with Crippen LogP contribution in [0.4, 0.5) is 0 Å². The van der Waals surface area contributed by atoms with Gasteiger partial charge in [-0.25, -0.2) is 0 Å². The monoisotopic (exact) mass is 251 g/mol. The smallest absolute Gasteiger partial charge is 0.168 e. The first kappa shape index (κ1) is 12.0. The minimum Gasteiger partial charge on any atom is -0.452 e. The predicted molar refractivity (Wildman–Crippen MR) is 67.5 cm³/mol. The molecule has 0 radical (unpaired) electrons. The van der Waals surface area contributed by atoms with Gasteiger partial charge in [-0.15, -0.1) is 0 Å². The van der Waals surface area contributed by atoms with Crippen molar-refractivity contribution in [2.24, 2.45) is 5.73 Å². The Hall–Kier alpha value is -1.52. The second kappa shape index (κ2) is 5.21. The Balaban J connectivity index is 2.22. The Morgan fingerprint density at radius 2 is 2.12 bits per heavy atom. The molecule has 5 heteroatoms. The molecule has 2 rings (SSSR count). The first-order valence-electron chi connectivity index (χ1n) is 5.37. The number of hydrogen-bond acceptors (Lipinski definition) is 3. The molecule has 0 aliphatic heterocycles. The number of nitrogens with zero attached hydrogens (tertiary/aromatic N) is 2. The molecule has 0 fully saturated rings. The molecular weight excluding hydrogens is 238 g/mol. The molecule has 0 aliphatic rings. The van der Waals surface area contributed by atoms with Gasteiger partial charge in [-0.05, 0) is 19.1 Å². The highest BCUT2D eigenvalue weighted by Gasteiger charge is 2.09. The van der Waals surface area contributed by atoms with Gasteiger partial charge in [-0.2, -0.15) is 5.10 Å². The Morgan fingerprint density at radius 1 is 1.35 bits per heavy atom. The number of para-hydroxylation sites is 1. The summed E-state index contributed by atoms with van der Waals surface area (Å²) in [5.41, 5.74) is 6.43. The molecule has 17 heavy (non-hydrogen) atoms. The van der Waals surface area contributed by atoms with Gasteiger partial charge in [-0.1, -0.05) is 23.7 Å². The number of benzene rings is 1. The average molecular weight is 252 g/mol. The summed E-state index contributed by atoms with van der Waals surface area (Å²) in [6, 6.07) is 7.35. The maximum absolute atomic E-state index is 6.02. The van der Waals surface area contributed by atoms with E-state index in [1.807, 2.05) is 29.8 Å². The van der Waals surface area contributed by atoms with Crippen molar-refractivity contribution in [3.05, 3.63) is 41.2 Å². The number of aromatic nitrogens is 2. The molecule has 0 aliphatic carbocycles. The number of halogens is 1. The van der Waals surface area contributed by atoms with Gasteiger partial charge in [-0.3, -0.25) is 4.68 Å². The standard InChI is InChI=1S/C12H14ClN3O/c1-9-12(8-15-16(9)7-6-14)17-11-5-3-2-4-10(11)13/h2-5,8H,6-7,14H2,1H3. The van der Waals surface area contributed by atoms with Crippen LogP contribution in [0.2, 0.25) is 5.02 Å². The molecule has 2 aromatic rings. The van der Waals surface area contributed by atoms with Crippen LogP contribution in [0, 0.1) is 6.92 Å². The molecule has 0 unspecified atom stereocenters. The molecule has 0 bridgehead atoms. The summed E-state index contributed by atoms with van der Waals surface area (Å²) >= 11 is 6.02. The molecule has 0 amide bonds. The van der Waals surface area contributed by atoms with Crippen LogP contribution in [0.25, 0.3) is 0 Å². The lowest BCUT2D eigenvalue weighted by Gasteiger charge is -2.07. The normalized spacial score (nSPS) is 10.5. The third kappa shape index (κ3) is 2.60. The largest absolute Gasteiger partial charge is 0.452 e. The zero-order chi connectivity index (χ0) is 12.3. The van der Waals surface area contributed by atoms with Crippen molar-refractivity contribution in [2.75, 3.05) is 6.54 Å². The highest BCUT2D eigenvalue weighted by Crippen LogP contribution is 2.30. The average Bonchev–Trinajstić information content (AvgIpc) is 2.65. The summed E-state index contributed by atoms with van der Waals surface area (Å²) in [5, 5.41) is 4.78. The molecule has 0 saturated heterocycles. The molecule has 1 aromatic heterocycles. The summed E-state index contributed by atoms with van der Waals surface area (Å²) in [7, 11) is 0. The van der Waals surface area contributed by atoms with Crippen molar-refractivity contribution in [2.45, 2.75) is 13.5 Å². The van der Waals surface area contributed by atoms with E-state index >= 15 is 0 Å². The van der Waals surface area contributed by atoms with Crippen LogP contribution >= 0.6 is 11.6 Å². The van der Waals surface area contributed by atoms with E-state index in [4.69, 9.17) is 22.1 Å². The summed E-state index contributed by atoms with van der Waals surface area (Å²) in [5.74, 6) is 1.33. The third-order valence-corrected chi connectivity index (χ3v) is 2.77. The molecule has 0 spiro atoms. The van der Waals surface area contributed by atoms with E-state index in [1.54, 1.807) is 12.3 Å². The van der Waals surface area contributed by atoms with Gasteiger partial charge < -0.3 is 10.5 Å². The van der Waals surface area contributed by atoms with E-state index in [-0.39, 0.29) is 0 Å². The molecular formula is C12H14ClN3O. The minimum absolute atomic E-state index is 0.550. The number of rotatable bonds is 4. The van der Waals surface area contributed by atoms with E-state index in [0.29, 0.717) is 29.6 Å². The second-order valence-electron chi connectivity index (χ2n) is 3.64. The summed E-state index contributed by atoms with van der Waals surface area (Å²) < 4.78 is 7.52. The van der Waals surface area contributed by atoms with Crippen LogP contribution in [0.15, 0.2) is 30.5 Å². The van der Waals surface area contributed by atoms with Crippen LogP contribution in [-0.2, 0) is 6.54 Å². The van der Waals surface area contributed by atoms with E-state index in [2.05, 4.69) is 5.10 Å². The first-order valence-corrected chi connectivity index (χ1v) is 5.75. The van der Waals surface area contributed by atoms with E-state index in [9.17, 15) is 0 Å². The lowest BCUT2D eigenvalue weighted by molar-refractivity contribution is 0.475. The zero-order valence-corrected chi connectivity index (χ0v) is 10.3. The SMILES string of the molecule is Cc1c(Oc2ccccc2Cl)cnn1CCN. The number of ether oxygens (including phenoxy) is 1. The fourth-order valence-electron chi connectivity index (χ4n) is 1.52. The van der Waals surface area contributed by atoms with Gasteiger partial charge in [0.15, 0.2) is 5.75 Å². The Bertz CT molecular complexity index is 510. The van der Waals surface area contributed by atoms with E-state index < -0.39 is 0 Å². The van der Waals surface area contributed by atoms with Gasteiger partial charge in [0.05, 0.1) is 23.5 Å². The van der Waals surface area contributed by atoms with E-state index in [1.165, 1.54) is 0 Å². The van der Waals surface area contributed by atoms with Crippen molar-refractivity contribution < 1.29 is 4.74 Å². The van der Waals surface area contributed by atoms with Gasteiger partial charge in [0.1, 0.15) is 5.75 Å². The predicted octanol–water partition coefficient (Wildman–Crippen LogP) is 2.60. The molecule has 1 heterocycles. The molecule has 2 N–H and O–H groups in total. The Morgan fingerprint density at radius 3 is 2.82 bits per heavy atom. The first-order chi connectivity index (χ1) is 8.22. The van der Waals surface area contributed by atoms with Crippen molar-refractivity contribution in [3.8, 4) is 11.5 Å². The Labute approximate surface area is 105 Å². The zero-order valence-electron chi connectivity index (χ0n) is 9.56. The maximum Gasteiger partial charge on any atom is 0.168 e. The van der Waals surface area contributed by atoms with Crippen LogP contribution in [0.3, 0.4) is 0 Å². The highest BCUT2D eigenvalue weighted by atomic mass is 35.5. The summed E-state index contributed by atoms with van der Waals surface area (Å²) in [4.78, 5) is 0. The molecule has 0 saturated carbocycles. The molecule has 0 atom stereocenters. The third-order valence-electron chi connectivity index (χ3n) is 2.46. The minimum atomic E-state index is 0.550. The summed E-state index contributed by atoms with van der Waals surface area (Å²) in [6.07, 6.45) is 1.67. The lowest BCUT2D eigenvalue weighted by Crippen LogP contribution is -2.12. The maximum atomic E-state index is 6.02. The quantitative estimate of drug-likeness (QED) is 0.909. The van der Waals surface area contributed by atoms with Crippen molar-refractivity contribution >= 4 is 11.6 Å². The van der Waals surface area contributed by atoms with Crippen LogP contribution < -0.4 is 10.5 Å². The highest BCUT2D eigenvalue weighted by molar-refractivity contribution is 6.32. The van der Waals surface area contributed by atoms with Gasteiger partial charge in [0, 0.05) is 6.54 Å². The second-order valence-corrected chi connectivity index (χ2v) is 4.05. The number of hydrogen-bond donors (Lipinski definition) is 1. The van der Waals surface area contributed by atoms with Gasteiger partial charge >= 0.3 is 0 Å². The Kier molecular flexibility index (Phi) is 3.66. The van der Waals surface area contributed by atoms with Crippen molar-refractivity contribution in [3.63, 3.8) is 0 Å². The van der Waals surface area contributed by atoms with Crippen LogP contribution in [0.5, 0.6) is 11.5 Å². The van der Waals surface area contributed by atoms with Crippen molar-refractivity contribution in [1.82, 2.24) is 9.78 Å². The molecule has 90 valence electrons. The molecule has 4 nitrogen and oxygen atoms in total. The summed E-state index contributed by atoms with van der Waals surface area (Å²) in [6.45, 7) is 3.17.